The monoisotopic (exact) mass is 284 g/mol. The molecule has 0 amide bonds. The molecule has 1 heterocycles. The highest BCUT2D eigenvalue weighted by Crippen LogP contribution is 2.33. The third-order valence-electron chi connectivity index (χ3n) is 3.86. The van der Waals surface area contributed by atoms with Gasteiger partial charge in [0.25, 0.3) is 0 Å². The minimum Gasteiger partial charge on any atom is -0.378 e. The van der Waals surface area contributed by atoms with Crippen molar-refractivity contribution < 1.29 is 0 Å². The Bertz CT molecular complexity index is 664. The Kier molecular flexibility index (Phi) is 3.75. The number of nitrogens with zero attached hydrogens (tertiary/aromatic N) is 3. The van der Waals surface area contributed by atoms with Crippen LogP contribution < -0.4 is 5.32 Å². The largest absolute Gasteiger partial charge is 0.378 e. The molecule has 0 bridgehead atoms. The van der Waals surface area contributed by atoms with Gasteiger partial charge in [0.1, 0.15) is 6.07 Å². The van der Waals surface area contributed by atoms with Crippen LogP contribution in [0.25, 0.3) is 10.9 Å². The normalized spacial score (nSPS) is 21.8. The Morgan fingerprint density at radius 3 is 2.95 bits per heavy atom. The number of rotatable bonds is 3. The molecule has 0 radical (unpaired) electrons. The van der Waals surface area contributed by atoms with Crippen LogP contribution in [0.5, 0.6) is 0 Å². The van der Waals surface area contributed by atoms with Gasteiger partial charge in [0.15, 0.2) is 5.69 Å². The van der Waals surface area contributed by atoms with Crippen LogP contribution >= 0.6 is 11.8 Å². The van der Waals surface area contributed by atoms with Gasteiger partial charge in [-0.15, -0.1) is 10.2 Å². The average Bonchev–Trinajstić information content (AvgIpc) is 2.95. The zero-order chi connectivity index (χ0) is 13.9. The summed E-state index contributed by atoms with van der Waals surface area (Å²) in [5, 5.41) is 22.6. The first kappa shape index (κ1) is 13.2. The van der Waals surface area contributed by atoms with Crippen molar-refractivity contribution in [2.75, 3.05) is 11.6 Å². The summed E-state index contributed by atoms with van der Waals surface area (Å²) in [5.74, 6) is 0. The van der Waals surface area contributed by atoms with Gasteiger partial charge in [0.05, 0.1) is 11.2 Å². The van der Waals surface area contributed by atoms with Crippen molar-refractivity contribution in [3.05, 3.63) is 30.0 Å². The van der Waals surface area contributed by atoms with E-state index in [-0.39, 0.29) is 0 Å². The summed E-state index contributed by atoms with van der Waals surface area (Å²) >= 11 is 1.90. The predicted octanol–water partition coefficient (Wildman–Crippen LogP) is 3.20. The summed E-state index contributed by atoms with van der Waals surface area (Å²) in [6, 6.07) is 10.4. The fourth-order valence-corrected chi connectivity index (χ4v) is 3.77. The zero-order valence-corrected chi connectivity index (χ0v) is 12.2. The quantitative estimate of drug-likeness (QED) is 0.937. The Morgan fingerprint density at radius 1 is 1.30 bits per heavy atom. The number of thioether (sulfide) groups is 1. The molecule has 1 N–H and O–H groups in total. The third-order valence-corrected chi connectivity index (χ3v) is 5.03. The Morgan fingerprint density at radius 2 is 2.15 bits per heavy atom. The molecule has 1 aliphatic carbocycles. The fraction of sp³-hybridized carbons (Fsp3) is 0.400. The van der Waals surface area contributed by atoms with Crippen LogP contribution in [-0.2, 0) is 0 Å². The molecule has 2 atom stereocenters. The second kappa shape index (κ2) is 5.68. The van der Waals surface area contributed by atoms with Gasteiger partial charge in [0.2, 0.25) is 0 Å². The Labute approximate surface area is 122 Å². The molecule has 1 saturated carbocycles. The van der Waals surface area contributed by atoms with Gasteiger partial charge in [-0.1, -0.05) is 24.6 Å². The lowest BCUT2D eigenvalue weighted by Gasteiger charge is -2.21. The van der Waals surface area contributed by atoms with Gasteiger partial charge in [0, 0.05) is 16.7 Å². The van der Waals surface area contributed by atoms with Crippen molar-refractivity contribution in [3.8, 4) is 6.07 Å². The third kappa shape index (κ3) is 2.32. The van der Waals surface area contributed by atoms with Crippen LogP contribution in [0.2, 0.25) is 0 Å². The highest BCUT2D eigenvalue weighted by atomic mass is 32.2. The van der Waals surface area contributed by atoms with Crippen molar-refractivity contribution in [2.45, 2.75) is 30.6 Å². The van der Waals surface area contributed by atoms with Gasteiger partial charge in [-0.25, -0.2) is 0 Å². The van der Waals surface area contributed by atoms with Crippen molar-refractivity contribution in [3.63, 3.8) is 0 Å². The smallest absolute Gasteiger partial charge is 0.186 e. The van der Waals surface area contributed by atoms with Crippen molar-refractivity contribution in [1.29, 1.82) is 5.26 Å². The van der Waals surface area contributed by atoms with Crippen LogP contribution in [0.1, 0.15) is 25.0 Å². The van der Waals surface area contributed by atoms with Gasteiger partial charge in [-0.3, -0.25) is 0 Å². The number of benzene rings is 1. The molecule has 4 nitrogen and oxygen atoms in total. The second-order valence-corrected chi connectivity index (χ2v) is 6.09. The molecule has 1 aromatic carbocycles. The molecule has 20 heavy (non-hydrogen) atoms. The summed E-state index contributed by atoms with van der Waals surface area (Å²) in [6.45, 7) is 0. The summed E-state index contributed by atoms with van der Waals surface area (Å²) in [6.07, 6.45) is 5.77. The van der Waals surface area contributed by atoms with Crippen molar-refractivity contribution in [2.24, 2.45) is 0 Å². The van der Waals surface area contributed by atoms with Crippen LogP contribution in [-0.4, -0.2) is 27.7 Å². The lowest BCUT2D eigenvalue weighted by molar-refractivity contribution is 0.767. The van der Waals surface area contributed by atoms with E-state index in [1.54, 1.807) is 0 Å². The molecule has 1 aliphatic rings. The van der Waals surface area contributed by atoms with Crippen LogP contribution in [0.15, 0.2) is 24.3 Å². The number of hydrogen-bond acceptors (Lipinski definition) is 5. The first-order chi connectivity index (χ1) is 9.83. The summed E-state index contributed by atoms with van der Waals surface area (Å²) in [5.41, 5.74) is 2.05. The summed E-state index contributed by atoms with van der Waals surface area (Å²) in [4.78, 5) is 0. The average molecular weight is 284 g/mol. The van der Waals surface area contributed by atoms with E-state index in [2.05, 4.69) is 27.8 Å². The minimum absolute atomic E-state index is 0.385. The molecule has 1 fully saturated rings. The molecule has 0 aliphatic heterocycles. The lowest BCUT2D eigenvalue weighted by atomic mass is 10.1. The molecule has 5 heteroatoms. The van der Waals surface area contributed by atoms with Gasteiger partial charge in [-0.05, 0) is 25.2 Å². The first-order valence-electron chi connectivity index (χ1n) is 6.78. The molecule has 0 saturated heterocycles. The lowest BCUT2D eigenvalue weighted by Crippen LogP contribution is -2.26. The maximum atomic E-state index is 9.28. The second-order valence-electron chi connectivity index (χ2n) is 5.01. The standard InChI is InChI=1S/C15H16N4S/c1-20-14-8-4-7-12(14)17-15-10-5-2-3-6-11(10)18-19-13(15)9-16/h2-3,5-6,12,14H,4,7-8H2,1H3,(H,17,18). The van der Waals surface area contributed by atoms with Crippen molar-refractivity contribution in [1.82, 2.24) is 10.2 Å². The van der Waals surface area contributed by atoms with E-state index < -0.39 is 0 Å². The topological polar surface area (TPSA) is 61.6 Å². The van der Waals surface area contributed by atoms with Gasteiger partial charge < -0.3 is 5.32 Å². The summed E-state index contributed by atoms with van der Waals surface area (Å²) < 4.78 is 0. The van der Waals surface area contributed by atoms with E-state index in [4.69, 9.17) is 0 Å². The van der Waals surface area contributed by atoms with E-state index in [9.17, 15) is 5.26 Å². The van der Waals surface area contributed by atoms with E-state index in [0.717, 1.165) is 23.0 Å². The van der Waals surface area contributed by atoms with Gasteiger partial charge >= 0.3 is 0 Å². The Hall–Kier alpha value is -1.80. The summed E-state index contributed by atoms with van der Waals surface area (Å²) in [7, 11) is 0. The van der Waals surface area contributed by atoms with Crippen molar-refractivity contribution >= 4 is 28.4 Å². The van der Waals surface area contributed by atoms with Crippen LogP contribution in [0.4, 0.5) is 5.69 Å². The maximum absolute atomic E-state index is 9.28. The fourth-order valence-electron chi connectivity index (χ4n) is 2.84. The van der Waals surface area contributed by atoms with Gasteiger partial charge in [-0.2, -0.15) is 17.0 Å². The Balaban J connectivity index is 2.03. The zero-order valence-electron chi connectivity index (χ0n) is 11.3. The molecule has 2 unspecified atom stereocenters. The number of aromatic nitrogens is 2. The van der Waals surface area contributed by atoms with E-state index in [0.29, 0.717) is 17.0 Å². The molecular weight excluding hydrogens is 268 g/mol. The number of nitriles is 1. The predicted molar refractivity (Wildman–Crippen MR) is 82.8 cm³/mol. The van der Waals surface area contributed by atoms with E-state index in [1.165, 1.54) is 12.8 Å². The van der Waals surface area contributed by atoms with E-state index in [1.807, 2.05) is 36.0 Å². The number of nitrogens with one attached hydrogen (secondary N) is 1. The number of hydrogen-bond donors (Lipinski definition) is 1. The first-order valence-corrected chi connectivity index (χ1v) is 8.07. The van der Waals surface area contributed by atoms with Crippen LogP contribution in [0, 0.1) is 11.3 Å². The molecule has 102 valence electrons. The van der Waals surface area contributed by atoms with Crippen LogP contribution in [0.3, 0.4) is 0 Å². The highest BCUT2D eigenvalue weighted by molar-refractivity contribution is 7.99. The molecular formula is C15H16N4S. The maximum Gasteiger partial charge on any atom is 0.186 e. The highest BCUT2D eigenvalue weighted by Gasteiger charge is 2.27. The minimum atomic E-state index is 0.385. The number of fused-ring (bicyclic) bond motifs is 1. The molecule has 1 aromatic heterocycles. The molecule has 3 rings (SSSR count). The van der Waals surface area contributed by atoms with E-state index >= 15 is 0 Å². The molecule has 0 spiro atoms. The SMILES string of the molecule is CSC1CCCC1Nc1c(C#N)nnc2ccccc12. The molecule has 2 aromatic rings. The number of anilines is 1.